The highest BCUT2D eigenvalue weighted by atomic mass is 16.5. The smallest absolute Gasteiger partial charge is 0.325 e. The fourth-order valence-electron chi connectivity index (χ4n) is 5.32. The molecule has 2 saturated heterocycles. The molecule has 10 nitrogen and oxygen atoms in total. The fraction of sp³-hybridized carbons (Fsp3) is 0.414. The number of benzene rings is 2. The lowest BCUT2D eigenvalue weighted by atomic mass is 9.83. The molecular weight excluding hydrogens is 500 g/mol. The van der Waals surface area contributed by atoms with Crippen LogP contribution in [0.2, 0.25) is 0 Å². The van der Waals surface area contributed by atoms with Crippen LogP contribution in [0.4, 0.5) is 0 Å². The zero-order valence-corrected chi connectivity index (χ0v) is 22.0. The van der Waals surface area contributed by atoms with Crippen molar-refractivity contribution in [1.29, 1.82) is 0 Å². The molecule has 0 radical (unpaired) electrons. The summed E-state index contributed by atoms with van der Waals surface area (Å²) in [6.45, 7) is 1.53. The van der Waals surface area contributed by atoms with Gasteiger partial charge in [-0.15, -0.1) is 0 Å². The summed E-state index contributed by atoms with van der Waals surface area (Å²) < 4.78 is 5.24. The zero-order chi connectivity index (χ0) is 27.8. The minimum atomic E-state index is -1.06. The van der Waals surface area contributed by atoms with E-state index in [1.54, 1.807) is 0 Å². The monoisotopic (exact) mass is 534 g/mol. The number of hydrogen-bond donors (Lipinski definition) is 3. The van der Waals surface area contributed by atoms with Crippen molar-refractivity contribution in [2.24, 2.45) is 0 Å². The maximum atomic E-state index is 13.4. The van der Waals surface area contributed by atoms with Crippen molar-refractivity contribution in [3.8, 4) is 0 Å². The lowest BCUT2D eigenvalue weighted by molar-refractivity contribution is -0.153. The molecule has 2 fully saturated rings. The van der Waals surface area contributed by atoms with Crippen LogP contribution < -0.4 is 16.0 Å². The van der Waals surface area contributed by atoms with Crippen molar-refractivity contribution in [2.45, 2.75) is 63.3 Å². The molecule has 0 saturated carbocycles. The van der Waals surface area contributed by atoms with E-state index in [9.17, 15) is 24.0 Å². The SMILES string of the molecule is CC(=O)N[C@H](Cc1ccccc1)C(=O)N[C@@H]1CC[C@@]2(C(=O)NCC(=O)OCc3ccccc3)CCCN2C1=O. The standard InChI is InChI=1S/C29H34N4O6/c1-20(34)31-24(17-21-9-4-2-5-10-21)26(36)32-23-13-15-29(14-8-16-33(29)27(23)37)28(38)30-18-25(35)39-19-22-11-6-3-7-12-22/h2-7,9-12,23-24H,8,13-19H2,1H3,(H,30,38)(H,31,34)(H,32,36)/t23-,24-,29-/m1/s1. The van der Waals surface area contributed by atoms with Gasteiger partial charge in [-0.05, 0) is 36.8 Å². The molecule has 2 aliphatic heterocycles. The van der Waals surface area contributed by atoms with Crippen molar-refractivity contribution in [1.82, 2.24) is 20.9 Å². The highest BCUT2D eigenvalue weighted by molar-refractivity contribution is 5.98. The fourth-order valence-corrected chi connectivity index (χ4v) is 5.32. The lowest BCUT2D eigenvalue weighted by Crippen LogP contribution is -2.66. The molecule has 0 aliphatic carbocycles. The normalized spacial score (nSPS) is 20.9. The van der Waals surface area contributed by atoms with Crippen LogP contribution in [-0.4, -0.2) is 65.2 Å². The molecule has 2 aromatic rings. The van der Waals surface area contributed by atoms with Crippen molar-refractivity contribution >= 4 is 29.6 Å². The summed E-state index contributed by atoms with van der Waals surface area (Å²) >= 11 is 0. The Labute approximate surface area is 227 Å². The molecule has 39 heavy (non-hydrogen) atoms. The van der Waals surface area contributed by atoms with Gasteiger partial charge in [-0.3, -0.25) is 24.0 Å². The Morgan fingerprint density at radius 3 is 2.33 bits per heavy atom. The van der Waals surface area contributed by atoms with Gasteiger partial charge in [-0.1, -0.05) is 60.7 Å². The molecule has 2 aromatic carbocycles. The van der Waals surface area contributed by atoms with Gasteiger partial charge in [0.25, 0.3) is 0 Å². The summed E-state index contributed by atoms with van der Waals surface area (Å²) in [4.78, 5) is 65.2. The molecule has 0 aromatic heterocycles. The first kappa shape index (κ1) is 27.8. The van der Waals surface area contributed by atoms with E-state index in [1.165, 1.54) is 11.8 Å². The summed E-state index contributed by atoms with van der Waals surface area (Å²) in [5.74, 6) is -2.10. The Hall–Kier alpha value is -4.21. The Morgan fingerprint density at radius 2 is 1.67 bits per heavy atom. The predicted molar refractivity (Wildman–Crippen MR) is 142 cm³/mol. The van der Waals surface area contributed by atoms with E-state index in [-0.39, 0.29) is 37.8 Å². The Balaban J connectivity index is 1.34. The highest BCUT2D eigenvalue weighted by Crippen LogP contribution is 2.38. The van der Waals surface area contributed by atoms with E-state index in [1.807, 2.05) is 60.7 Å². The number of rotatable bonds is 10. The van der Waals surface area contributed by atoms with Crippen molar-refractivity contribution in [3.05, 3.63) is 71.8 Å². The third kappa shape index (κ3) is 6.81. The largest absolute Gasteiger partial charge is 0.460 e. The van der Waals surface area contributed by atoms with Crippen LogP contribution >= 0.6 is 0 Å². The Kier molecular flexibility index (Phi) is 8.96. The van der Waals surface area contributed by atoms with E-state index in [4.69, 9.17) is 4.74 Å². The number of ether oxygens (including phenoxy) is 1. The summed E-state index contributed by atoms with van der Waals surface area (Å²) in [6.07, 6.45) is 2.01. The second-order valence-electron chi connectivity index (χ2n) is 10.00. The number of nitrogens with one attached hydrogen (secondary N) is 3. The molecule has 4 amide bonds. The molecule has 10 heteroatoms. The average Bonchev–Trinajstić information content (AvgIpc) is 3.39. The van der Waals surface area contributed by atoms with Gasteiger partial charge in [0.2, 0.25) is 23.6 Å². The van der Waals surface area contributed by atoms with E-state index < -0.39 is 35.4 Å². The van der Waals surface area contributed by atoms with Gasteiger partial charge >= 0.3 is 5.97 Å². The summed E-state index contributed by atoms with van der Waals surface area (Å²) in [5, 5.41) is 8.12. The molecule has 0 spiro atoms. The Bertz CT molecular complexity index is 1200. The number of fused-ring (bicyclic) bond motifs is 1. The van der Waals surface area contributed by atoms with Gasteiger partial charge in [0.15, 0.2) is 0 Å². The molecule has 0 unspecified atom stereocenters. The van der Waals surface area contributed by atoms with E-state index in [0.717, 1.165) is 11.1 Å². The second-order valence-corrected chi connectivity index (χ2v) is 10.00. The number of carbonyl (C=O) groups excluding carboxylic acids is 5. The van der Waals surface area contributed by atoms with Crippen LogP contribution in [-0.2, 0) is 41.7 Å². The average molecular weight is 535 g/mol. The second kappa shape index (κ2) is 12.6. The van der Waals surface area contributed by atoms with Crippen LogP contribution in [0.1, 0.15) is 43.7 Å². The molecule has 4 rings (SSSR count). The van der Waals surface area contributed by atoms with E-state index in [0.29, 0.717) is 25.8 Å². The van der Waals surface area contributed by atoms with E-state index in [2.05, 4.69) is 16.0 Å². The third-order valence-corrected chi connectivity index (χ3v) is 7.25. The molecule has 206 valence electrons. The number of hydrogen-bond acceptors (Lipinski definition) is 6. The van der Waals surface area contributed by atoms with Crippen LogP contribution in [0.5, 0.6) is 0 Å². The first-order valence-corrected chi connectivity index (χ1v) is 13.2. The number of esters is 1. The van der Waals surface area contributed by atoms with Crippen molar-refractivity contribution in [2.75, 3.05) is 13.1 Å². The first-order chi connectivity index (χ1) is 18.8. The molecule has 2 heterocycles. The molecule has 2 aliphatic rings. The quantitative estimate of drug-likeness (QED) is 0.393. The van der Waals surface area contributed by atoms with Gasteiger partial charge in [-0.25, -0.2) is 0 Å². The van der Waals surface area contributed by atoms with Gasteiger partial charge in [-0.2, -0.15) is 0 Å². The summed E-state index contributed by atoms with van der Waals surface area (Å²) in [6, 6.07) is 16.9. The van der Waals surface area contributed by atoms with Crippen molar-refractivity contribution < 1.29 is 28.7 Å². The predicted octanol–water partition coefficient (Wildman–Crippen LogP) is 1.23. The number of nitrogens with zero attached hydrogens (tertiary/aromatic N) is 1. The number of amides is 4. The van der Waals surface area contributed by atoms with Crippen LogP contribution in [0.15, 0.2) is 60.7 Å². The molecule has 3 atom stereocenters. The third-order valence-electron chi connectivity index (χ3n) is 7.25. The molecular formula is C29H34N4O6. The maximum absolute atomic E-state index is 13.4. The summed E-state index contributed by atoms with van der Waals surface area (Å²) in [7, 11) is 0. The number of carbonyl (C=O) groups is 5. The first-order valence-electron chi connectivity index (χ1n) is 13.2. The van der Waals surface area contributed by atoms with Crippen LogP contribution in [0, 0.1) is 0 Å². The minimum absolute atomic E-state index is 0.108. The van der Waals surface area contributed by atoms with Crippen LogP contribution in [0.25, 0.3) is 0 Å². The molecule has 0 bridgehead atoms. The van der Waals surface area contributed by atoms with Crippen LogP contribution in [0.3, 0.4) is 0 Å². The lowest BCUT2D eigenvalue weighted by Gasteiger charge is -2.43. The van der Waals surface area contributed by atoms with E-state index >= 15 is 0 Å². The van der Waals surface area contributed by atoms with Gasteiger partial charge < -0.3 is 25.6 Å². The van der Waals surface area contributed by atoms with Gasteiger partial charge in [0.05, 0.1) is 0 Å². The topological polar surface area (TPSA) is 134 Å². The Morgan fingerprint density at radius 1 is 1.00 bits per heavy atom. The van der Waals surface area contributed by atoms with Gasteiger partial charge in [0.1, 0.15) is 30.8 Å². The molecule has 3 N–H and O–H groups in total. The zero-order valence-electron chi connectivity index (χ0n) is 22.0. The van der Waals surface area contributed by atoms with Crippen molar-refractivity contribution in [3.63, 3.8) is 0 Å². The maximum Gasteiger partial charge on any atom is 0.325 e. The van der Waals surface area contributed by atoms with Gasteiger partial charge in [0, 0.05) is 19.9 Å². The minimum Gasteiger partial charge on any atom is -0.460 e. The highest BCUT2D eigenvalue weighted by Gasteiger charge is 2.54. The summed E-state index contributed by atoms with van der Waals surface area (Å²) in [5.41, 5.74) is 0.658. The number of piperidine rings is 1.